The molecule has 0 radical (unpaired) electrons. The molecule has 4 aliphatic carbocycles. The van der Waals surface area contributed by atoms with Gasteiger partial charge < -0.3 is 9.47 Å². The maximum atomic E-state index is 4.32. The van der Waals surface area contributed by atoms with E-state index >= 15 is 0 Å². The second kappa shape index (κ2) is 10.8. The van der Waals surface area contributed by atoms with Crippen molar-refractivity contribution in [2.45, 2.75) is 23.9 Å². The molecule has 0 spiro atoms. The second-order valence-electron chi connectivity index (χ2n) is 14.3. The maximum absolute atomic E-state index is 4.32. The summed E-state index contributed by atoms with van der Waals surface area (Å²) in [5, 5.41) is 2.57. The van der Waals surface area contributed by atoms with E-state index in [0.717, 1.165) is 0 Å². The quantitative estimate of drug-likeness (QED) is 0.192. The second-order valence-corrected chi connectivity index (χ2v) is 14.3. The zero-order chi connectivity index (χ0) is 32.8. The largest absolute Gasteiger partial charge is 0.357 e. The Morgan fingerprint density at radius 1 is 0.540 bits per heavy atom. The van der Waals surface area contributed by atoms with Gasteiger partial charge in [0.2, 0.25) is 0 Å². The van der Waals surface area contributed by atoms with Crippen molar-refractivity contribution >= 4 is 38.8 Å². The van der Waals surface area contributed by atoms with Crippen molar-refractivity contribution in [1.29, 1.82) is 0 Å². The summed E-state index contributed by atoms with van der Waals surface area (Å²) in [6.45, 7) is 0. The van der Waals surface area contributed by atoms with Gasteiger partial charge in [0.05, 0.1) is 23.1 Å². The van der Waals surface area contributed by atoms with E-state index in [1.807, 2.05) is 12.4 Å². The van der Waals surface area contributed by atoms with E-state index < -0.39 is 0 Å². The van der Waals surface area contributed by atoms with Crippen molar-refractivity contribution in [2.24, 2.45) is 11.8 Å². The highest BCUT2D eigenvalue weighted by Gasteiger charge is 2.46. The first-order valence-electron chi connectivity index (χ1n) is 17.9. The Morgan fingerprint density at radius 3 is 2.12 bits per heavy atom. The first-order chi connectivity index (χ1) is 24.8. The van der Waals surface area contributed by atoms with Gasteiger partial charge in [0, 0.05) is 58.2 Å². The van der Waals surface area contributed by atoms with Crippen LogP contribution in [0.25, 0.3) is 44.2 Å². The number of fused-ring (bicyclic) bond motifs is 12. The first kappa shape index (κ1) is 28.0. The molecule has 2 aromatic heterocycles. The number of allylic oxidation sites excluding steroid dienone is 8. The van der Waals surface area contributed by atoms with Gasteiger partial charge in [-0.25, -0.2) is 0 Å². The monoisotopic (exact) mass is 641 g/mol. The van der Waals surface area contributed by atoms with Crippen LogP contribution in [0.4, 0.5) is 5.69 Å². The van der Waals surface area contributed by atoms with Crippen LogP contribution >= 0.6 is 0 Å². The molecule has 0 N–H and O–H groups in total. The molecule has 238 valence electrons. The molecule has 3 heterocycles. The fraction of sp³-hybridized carbons (Fsp3) is 0.128. The summed E-state index contributed by atoms with van der Waals surface area (Å²) in [7, 11) is 0. The Hall–Kier alpha value is -5.93. The van der Waals surface area contributed by atoms with E-state index in [0.29, 0.717) is 23.8 Å². The minimum atomic E-state index is 0.261. The van der Waals surface area contributed by atoms with Crippen LogP contribution < -0.4 is 4.90 Å². The van der Waals surface area contributed by atoms with Gasteiger partial charge >= 0.3 is 0 Å². The number of para-hydroxylation sites is 1. The van der Waals surface area contributed by atoms with Crippen LogP contribution in [-0.2, 0) is 0 Å². The lowest BCUT2D eigenvalue weighted by molar-refractivity contribution is 0.528. The Labute approximate surface area is 292 Å². The molecule has 5 aliphatic rings. The van der Waals surface area contributed by atoms with Gasteiger partial charge in [-0.3, -0.25) is 4.98 Å². The van der Waals surface area contributed by atoms with Crippen molar-refractivity contribution < 1.29 is 0 Å². The van der Waals surface area contributed by atoms with Crippen molar-refractivity contribution in [2.75, 3.05) is 4.90 Å². The van der Waals surface area contributed by atoms with Gasteiger partial charge in [0.1, 0.15) is 0 Å². The third kappa shape index (κ3) is 4.01. The molecular formula is C47H35N3. The molecule has 1 saturated heterocycles. The van der Waals surface area contributed by atoms with Crippen molar-refractivity contribution in [3.8, 4) is 11.1 Å². The van der Waals surface area contributed by atoms with E-state index in [-0.39, 0.29) is 12.0 Å². The smallest absolute Gasteiger partial charge is 0.0557 e. The van der Waals surface area contributed by atoms with E-state index in [2.05, 4.69) is 178 Å². The molecule has 50 heavy (non-hydrogen) atoms. The summed E-state index contributed by atoms with van der Waals surface area (Å²) < 4.78 is 2.50. The number of pyridine rings is 1. The normalized spacial score (nSPS) is 25.5. The molecule has 1 fully saturated rings. The molecule has 6 aromatic rings. The average Bonchev–Trinajstić information content (AvgIpc) is 3.70. The molecule has 3 nitrogen and oxygen atoms in total. The van der Waals surface area contributed by atoms with E-state index in [1.165, 1.54) is 66.6 Å². The third-order valence-corrected chi connectivity index (χ3v) is 11.8. The molecule has 6 unspecified atom stereocenters. The fourth-order valence-corrected chi connectivity index (χ4v) is 9.69. The number of nitrogens with zero attached hydrogens (tertiary/aromatic N) is 3. The van der Waals surface area contributed by atoms with Crippen molar-refractivity contribution in [3.63, 3.8) is 0 Å². The number of hydrogen-bond donors (Lipinski definition) is 0. The zero-order valence-corrected chi connectivity index (χ0v) is 27.5. The Kier molecular flexibility index (Phi) is 6.03. The standard InChI is InChI=1S/C47H35N3/c1-2-11-36-34(9-1)35-10-3-4-12-37(35)43-29-33(19-22-38(36)43)50-45-16-8-6-14-40(45)42-21-18-31(28-47(42)50)30-17-20-41-39-13-5-7-15-44(39)49(46(41)27-30)32-23-25-48-26-24-32/h1-29,38-39,41,43-44,46H. The molecule has 3 heteroatoms. The van der Waals surface area contributed by atoms with Gasteiger partial charge in [0.15, 0.2) is 0 Å². The Balaban J connectivity index is 1.05. The van der Waals surface area contributed by atoms with Crippen molar-refractivity contribution in [3.05, 3.63) is 193 Å². The number of hydrogen-bond acceptors (Lipinski definition) is 2. The lowest BCUT2D eigenvalue weighted by Crippen LogP contribution is -2.37. The number of anilines is 1. The summed E-state index contributed by atoms with van der Waals surface area (Å²) in [5.74, 6) is 1.46. The highest BCUT2D eigenvalue weighted by Crippen LogP contribution is 2.51. The lowest BCUT2D eigenvalue weighted by atomic mass is 9.70. The molecule has 0 bridgehead atoms. The van der Waals surface area contributed by atoms with Crippen molar-refractivity contribution in [1.82, 2.24) is 9.55 Å². The topological polar surface area (TPSA) is 21.1 Å². The maximum Gasteiger partial charge on any atom is 0.0557 e. The SMILES string of the molecule is C1=CC2C3C=CC(c4ccc5c6ccccc6n(C6=CC7c8ccccc8-c8ccccc8C7C=C6)c5c4)=CC3N(c3ccncc3)C2C=C1. The Bertz CT molecular complexity index is 2540. The van der Waals surface area contributed by atoms with Crippen LogP contribution in [-0.4, -0.2) is 21.6 Å². The lowest BCUT2D eigenvalue weighted by Gasteiger charge is -2.35. The van der Waals surface area contributed by atoms with Crippen LogP contribution in [0.2, 0.25) is 0 Å². The van der Waals surface area contributed by atoms with E-state index in [9.17, 15) is 0 Å². The molecule has 4 aromatic carbocycles. The minimum absolute atomic E-state index is 0.261. The van der Waals surface area contributed by atoms with Crippen LogP contribution in [0, 0.1) is 11.8 Å². The van der Waals surface area contributed by atoms with Gasteiger partial charge in [-0.2, -0.15) is 0 Å². The van der Waals surface area contributed by atoms with E-state index in [4.69, 9.17) is 0 Å². The highest BCUT2D eigenvalue weighted by molar-refractivity contribution is 6.11. The summed E-state index contributed by atoms with van der Waals surface area (Å²) in [5.41, 5.74) is 13.0. The molecule has 1 aliphatic heterocycles. The number of rotatable bonds is 3. The van der Waals surface area contributed by atoms with Crippen LogP contribution in [0.15, 0.2) is 176 Å². The summed E-state index contributed by atoms with van der Waals surface area (Å²) in [4.78, 5) is 6.93. The predicted molar refractivity (Wildman–Crippen MR) is 207 cm³/mol. The molecule has 11 rings (SSSR count). The average molecular weight is 642 g/mol. The van der Waals surface area contributed by atoms with Gasteiger partial charge in [-0.15, -0.1) is 0 Å². The van der Waals surface area contributed by atoms with Crippen LogP contribution in [0.5, 0.6) is 0 Å². The van der Waals surface area contributed by atoms with E-state index in [1.54, 1.807) is 0 Å². The summed E-state index contributed by atoms with van der Waals surface area (Å²) in [6, 6.07) is 38.8. The van der Waals surface area contributed by atoms with Crippen LogP contribution in [0.3, 0.4) is 0 Å². The first-order valence-corrected chi connectivity index (χ1v) is 17.9. The molecule has 0 amide bonds. The third-order valence-electron chi connectivity index (χ3n) is 11.8. The number of aromatic nitrogens is 2. The molecule has 6 atom stereocenters. The van der Waals surface area contributed by atoms with Gasteiger partial charge in [0.25, 0.3) is 0 Å². The summed E-state index contributed by atoms with van der Waals surface area (Å²) in [6.07, 6.45) is 27.7. The van der Waals surface area contributed by atoms with Gasteiger partial charge in [-0.05, 0) is 63.7 Å². The highest BCUT2D eigenvalue weighted by atomic mass is 15.2. The zero-order valence-electron chi connectivity index (χ0n) is 27.5. The number of benzene rings is 4. The molecular weight excluding hydrogens is 607 g/mol. The molecule has 0 saturated carbocycles. The minimum Gasteiger partial charge on any atom is -0.357 e. The van der Waals surface area contributed by atoms with Gasteiger partial charge in [-0.1, -0.05) is 134 Å². The Morgan fingerprint density at radius 2 is 1.26 bits per heavy atom. The summed E-state index contributed by atoms with van der Waals surface area (Å²) >= 11 is 0. The predicted octanol–water partition coefficient (Wildman–Crippen LogP) is 10.7. The van der Waals surface area contributed by atoms with Crippen LogP contribution in [0.1, 0.15) is 28.5 Å². The fourth-order valence-electron chi connectivity index (χ4n) is 9.69.